The van der Waals surface area contributed by atoms with Crippen molar-refractivity contribution in [2.75, 3.05) is 4.90 Å². The Morgan fingerprint density at radius 1 is 0.270 bits per heavy atom. The highest BCUT2D eigenvalue weighted by Gasteiger charge is 2.23. The van der Waals surface area contributed by atoms with E-state index in [0.29, 0.717) is 0 Å². The molecule has 0 bridgehead atoms. The maximum absolute atomic E-state index is 6.93. The highest BCUT2D eigenvalue weighted by atomic mass is 16.3. The van der Waals surface area contributed by atoms with E-state index < -0.39 is 0 Å². The van der Waals surface area contributed by atoms with E-state index in [0.717, 1.165) is 104 Å². The number of nitrogens with zero attached hydrogens (tertiary/aromatic N) is 1. The maximum atomic E-state index is 6.93. The van der Waals surface area contributed by atoms with E-state index >= 15 is 0 Å². The van der Waals surface area contributed by atoms with E-state index in [2.05, 4.69) is 223 Å². The Bertz CT molecular complexity index is 4050. The Kier molecular flexibility index (Phi) is 7.91. The summed E-state index contributed by atoms with van der Waals surface area (Å²) < 4.78 is 13.5. The third kappa shape index (κ3) is 5.46. The molecule has 0 atom stereocenters. The summed E-state index contributed by atoms with van der Waals surface area (Å²) >= 11 is 0. The molecule has 11 aromatic carbocycles. The third-order valence-electron chi connectivity index (χ3n) is 12.9. The van der Waals surface area contributed by atoms with Crippen LogP contribution in [0.4, 0.5) is 17.1 Å². The molecule has 3 heteroatoms. The molecule has 0 amide bonds. The van der Waals surface area contributed by atoms with Crippen molar-refractivity contribution in [1.82, 2.24) is 0 Å². The van der Waals surface area contributed by atoms with Gasteiger partial charge in [-0.25, -0.2) is 0 Å². The molecule has 0 spiro atoms. The summed E-state index contributed by atoms with van der Waals surface area (Å²) in [6, 6.07) is 80.7. The van der Waals surface area contributed by atoms with Gasteiger partial charge in [0.2, 0.25) is 0 Å². The predicted octanol–water partition coefficient (Wildman–Crippen LogP) is 17.5. The summed E-state index contributed by atoms with van der Waals surface area (Å²) in [5.41, 5.74) is 8.89. The normalized spacial score (nSPS) is 11.8. The van der Waals surface area contributed by atoms with Crippen molar-refractivity contribution in [3.63, 3.8) is 0 Å². The fourth-order valence-corrected chi connectivity index (χ4v) is 10.1. The second-order valence-electron chi connectivity index (χ2n) is 16.3. The van der Waals surface area contributed by atoms with E-state index in [9.17, 15) is 0 Å². The third-order valence-corrected chi connectivity index (χ3v) is 12.9. The van der Waals surface area contributed by atoms with Gasteiger partial charge in [-0.1, -0.05) is 176 Å². The second-order valence-corrected chi connectivity index (χ2v) is 16.3. The van der Waals surface area contributed by atoms with Gasteiger partial charge in [-0.05, 0) is 103 Å². The van der Waals surface area contributed by atoms with Gasteiger partial charge in [-0.3, -0.25) is 0 Å². The minimum atomic E-state index is 0.847. The molecular formula is C60H37NO2. The number of para-hydroxylation sites is 3. The average molecular weight is 804 g/mol. The van der Waals surface area contributed by atoms with Crippen LogP contribution >= 0.6 is 0 Å². The number of rotatable bonds is 4. The molecule has 63 heavy (non-hydrogen) atoms. The van der Waals surface area contributed by atoms with Crippen LogP contribution in [0.25, 0.3) is 109 Å². The standard InChI is InChI=1S/C60H37NO2/c1-2-17-38(18-3-1)40-19-10-13-28-53(40)61(54-29-16-32-57-59(54)51-27-12-15-31-56(51)62-57)39-33-34-46-49-35-36-50-47-25-11-14-30-55(47)63-60(50)58(49)48-26-9-8-23-44(48)42-21-5-4-20-41(42)43-22-6-7-24-45(43)52(46)37-39/h1-37H. The van der Waals surface area contributed by atoms with Gasteiger partial charge in [-0.15, -0.1) is 0 Å². The summed E-state index contributed by atoms with van der Waals surface area (Å²) in [4.78, 5) is 2.43. The van der Waals surface area contributed by atoms with Crippen molar-refractivity contribution in [3.05, 3.63) is 224 Å². The number of fused-ring (bicyclic) bond motifs is 17. The fraction of sp³-hybridized carbons (Fsp3) is 0. The van der Waals surface area contributed by atoms with Gasteiger partial charge < -0.3 is 13.7 Å². The van der Waals surface area contributed by atoms with E-state index in [1.165, 1.54) is 21.5 Å². The van der Waals surface area contributed by atoms with Gasteiger partial charge in [0.1, 0.15) is 22.3 Å². The number of hydrogen-bond acceptors (Lipinski definition) is 3. The van der Waals surface area contributed by atoms with E-state index in [-0.39, 0.29) is 0 Å². The molecule has 294 valence electrons. The Morgan fingerprint density at radius 2 is 0.746 bits per heavy atom. The van der Waals surface area contributed by atoms with Gasteiger partial charge in [0.05, 0.1) is 16.8 Å². The second kappa shape index (κ2) is 14.1. The number of furan rings is 2. The highest BCUT2D eigenvalue weighted by molar-refractivity contribution is 6.31. The largest absolute Gasteiger partial charge is 0.456 e. The molecule has 3 nitrogen and oxygen atoms in total. The lowest BCUT2D eigenvalue weighted by molar-refractivity contribution is 0.669. The van der Waals surface area contributed by atoms with Crippen molar-refractivity contribution < 1.29 is 8.83 Å². The van der Waals surface area contributed by atoms with Crippen LogP contribution in [0.1, 0.15) is 0 Å². The SMILES string of the molecule is c1ccc(-c2ccccc2N(c2ccc3c(c2)c2ccccc2c2ccccc2c2ccccc2c2c3ccc3c4ccccc4oc32)c2cccc3oc4ccccc4c23)cc1. The summed E-state index contributed by atoms with van der Waals surface area (Å²) in [5.74, 6) is 0. The molecule has 0 saturated carbocycles. The number of hydrogen-bond donors (Lipinski definition) is 0. The molecule has 0 radical (unpaired) electrons. The van der Waals surface area contributed by atoms with Crippen molar-refractivity contribution in [1.29, 1.82) is 0 Å². The summed E-state index contributed by atoms with van der Waals surface area (Å²) in [6.07, 6.45) is 0. The van der Waals surface area contributed by atoms with Crippen LogP contribution in [-0.2, 0) is 0 Å². The lowest BCUT2D eigenvalue weighted by atomic mass is 9.93. The molecule has 13 rings (SSSR count). The monoisotopic (exact) mass is 803 g/mol. The predicted molar refractivity (Wildman–Crippen MR) is 266 cm³/mol. The van der Waals surface area contributed by atoms with Gasteiger partial charge in [0.25, 0.3) is 0 Å². The summed E-state index contributed by atoms with van der Waals surface area (Å²) in [5, 5.41) is 15.8. The van der Waals surface area contributed by atoms with Gasteiger partial charge in [0, 0.05) is 32.8 Å². The molecule has 13 aromatic rings. The Morgan fingerprint density at radius 3 is 1.48 bits per heavy atom. The molecule has 0 unspecified atom stereocenters. The van der Waals surface area contributed by atoms with Crippen LogP contribution < -0.4 is 4.90 Å². The summed E-state index contributed by atoms with van der Waals surface area (Å²) in [7, 11) is 0. The first-order valence-corrected chi connectivity index (χ1v) is 21.5. The lowest BCUT2D eigenvalue weighted by Gasteiger charge is -2.29. The first-order valence-electron chi connectivity index (χ1n) is 21.5. The maximum Gasteiger partial charge on any atom is 0.143 e. The first kappa shape index (κ1) is 35.4. The van der Waals surface area contributed by atoms with Crippen molar-refractivity contribution in [3.8, 4) is 11.1 Å². The molecule has 0 aliphatic carbocycles. The van der Waals surface area contributed by atoms with Crippen molar-refractivity contribution in [2.45, 2.75) is 0 Å². The average Bonchev–Trinajstić information content (AvgIpc) is 3.93. The zero-order valence-corrected chi connectivity index (χ0v) is 34.1. The number of anilines is 3. The first-order chi connectivity index (χ1) is 31.3. The van der Waals surface area contributed by atoms with E-state index in [4.69, 9.17) is 8.83 Å². The fourth-order valence-electron chi connectivity index (χ4n) is 10.1. The molecule has 2 aromatic heterocycles. The Labute approximate surface area is 362 Å². The molecular weight excluding hydrogens is 767 g/mol. The minimum Gasteiger partial charge on any atom is -0.456 e. The topological polar surface area (TPSA) is 29.5 Å². The van der Waals surface area contributed by atoms with Crippen LogP contribution in [0.15, 0.2) is 233 Å². The molecule has 0 saturated heterocycles. The van der Waals surface area contributed by atoms with Crippen LogP contribution in [0.2, 0.25) is 0 Å². The molecule has 0 aliphatic rings. The van der Waals surface area contributed by atoms with Crippen molar-refractivity contribution in [2.24, 2.45) is 0 Å². The smallest absolute Gasteiger partial charge is 0.143 e. The van der Waals surface area contributed by atoms with Crippen molar-refractivity contribution >= 4 is 115 Å². The Balaban J connectivity index is 1.24. The van der Waals surface area contributed by atoms with Crippen LogP contribution in [0.5, 0.6) is 0 Å². The quantitative estimate of drug-likeness (QED) is 0.177. The van der Waals surface area contributed by atoms with E-state index in [1.807, 2.05) is 6.07 Å². The van der Waals surface area contributed by atoms with Gasteiger partial charge >= 0.3 is 0 Å². The molecule has 0 aliphatic heterocycles. The van der Waals surface area contributed by atoms with Gasteiger partial charge in [0.15, 0.2) is 0 Å². The molecule has 0 fully saturated rings. The zero-order valence-electron chi connectivity index (χ0n) is 34.1. The molecule has 2 heterocycles. The Hall–Kier alpha value is -8.40. The van der Waals surface area contributed by atoms with Crippen LogP contribution in [0.3, 0.4) is 0 Å². The van der Waals surface area contributed by atoms with E-state index in [1.54, 1.807) is 0 Å². The van der Waals surface area contributed by atoms with Crippen LogP contribution in [0, 0.1) is 0 Å². The summed E-state index contributed by atoms with van der Waals surface area (Å²) in [6.45, 7) is 0. The zero-order chi connectivity index (χ0) is 41.4. The lowest BCUT2D eigenvalue weighted by Crippen LogP contribution is -2.11. The minimum absolute atomic E-state index is 0.847. The van der Waals surface area contributed by atoms with Crippen LogP contribution in [-0.4, -0.2) is 0 Å². The molecule has 0 N–H and O–H groups in total. The van der Waals surface area contributed by atoms with Gasteiger partial charge in [-0.2, -0.15) is 0 Å². The highest BCUT2D eigenvalue weighted by Crippen LogP contribution is 2.48. The number of benzene rings is 10.